The van der Waals surface area contributed by atoms with Gasteiger partial charge >= 0.3 is 0 Å². The maximum absolute atomic E-state index is 5.85. The number of benzene rings is 1. The van der Waals surface area contributed by atoms with Gasteiger partial charge in [-0.2, -0.15) is 0 Å². The first-order valence-electron chi connectivity index (χ1n) is 5.72. The minimum absolute atomic E-state index is 0.0276. The molecule has 0 saturated carbocycles. The van der Waals surface area contributed by atoms with Crippen LogP contribution in [0, 0.1) is 6.92 Å². The van der Waals surface area contributed by atoms with E-state index in [2.05, 4.69) is 11.9 Å². The van der Waals surface area contributed by atoms with Gasteiger partial charge in [-0.25, -0.2) is 0 Å². The Morgan fingerprint density at radius 3 is 2.35 bits per heavy atom. The molecule has 0 aliphatic carbocycles. The summed E-state index contributed by atoms with van der Waals surface area (Å²) in [6.45, 7) is 6.18. The van der Waals surface area contributed by atoms with Crippen LogP contribution in [0.25, 0.3) is 0 Å². The van der Waals surface area contributed by atoms with Crippen molar-refractivity contribution < 1.29 is 4.74 Å². The molecule has 1 heterocycles. The highest BCUT2D eigenvalue weighted by Crippen LogP contribution is 2.22. The average Bonchev–Trinajstić information content (AvgIpc) is 2.40. The Bertz CT molecular complexity index is 441. The summed E-state index contributed by atoms with van der Waals surface area (Å²) in [4.78, 5) is 4.00. The van der Waals surface area contributed by atoms with Crippen LogP contribution in [0.1, 0.15) is 18.4 Å². The predicted octanol–water partition coefficient (Wildman–Crippen LogP) is 3.47. The van der Waals surface area contributed by atoms with Gasteiger partial charge in [-0.1, -0.05) is 18.2 Å². The highest BCUT2D eigenvalue weighted by molar-refractivity contribution is 5.23. The monoisotopic (exact) mass is 226 g/mol. The Kier molecular flexibility index (Phi) is 3.76. The zero-order chi connectivity index (χ0) is 12.1. The summed E-state index contributed by atoms with van der Waals surface area (Å²) in [6, 6.07) is 13.8. The molecule has 0 saturated heterocycles. The maximum Gasteiger partial charge on any atom is 0.119 e. The summed E-state index contributed by atoms with van der Waals surface area (Å²) < 4.78 is 5.85. The van der Waals surface area contributed by atoms with Gasteiger partial charge in [0, 0.05) is 18.3 Å². The molecule has 1 aromatic heterocycles. The zero-order valence-corrected chi connectivity index (χ0v) is 9.91. The molecule has 0 bridgehead atoms. The van der Waals surface area contributed by atoms with E-state index >= 15 is 0 Å². The van der Waals surface area contributed by atoms with Gasteiger partial charge in [0.05, 0.1) is 0 Å². The van der Waals surface area contributed by atoms with Crippen LogP contribution in [0.5, 0.6) is 5.75 Å². The molecule has 0 amide bonds. The van der Waals surface area contributed by atoms with Gasteiger partial charge in [0.15, 0.2) is 0 Å². The molecule has 1 aromatic carbocycles. The molecule has 0 spiro atoms. The molecule has 0 N–H and O–H groups in total. The highest BCUT2D eigenvalue weighted by atomic mass is 16.5. The molecule has 1 radical (unpaired) electrons. The third-order valence-electron chi connectivity index (χ3n) is 2.77. The normalized spacial score (nSPS) is 14.0. The van der Waals surface area contributed by atoms with Crippen LogP contribution in [0.15, 0.2) is 54.9 Å². The van der Waals surface area contributed by atoms with Crippen LogP contribution >= 0.6 is 0 Å². The number of hydrogen-bond acceptors (Lipinski definition) is 2. The molecule has 2 atom stereocenters. The third kappa shape index (κ3) is 3.06. The summed E-state index contributed by atoms with van der Waals surface area (Å²) in [5.74, 6) is 0.973. The first-order chi connectivity index (χ1) is 8.27. The molecule has 2 aromatic rings. The molecule has 2 heteroatoms. The Morgan fingerprint density at radius 1 is 1.06 bits per heavy atom. The smallest absolute Gasteiger partial charge is 0.119 e. The number of ether oxygens (including phenoxy) is 1. The molecule has 87 valence electrons. The molecular weight excluding hydrogens is 210 g/mol. The fourth-order valence-corrected chi connectivity index (χ4v) is 1.68. The summed E-state index contributed by atoms with van der Waals surface area (Å²) >= 11 is 0. The Hall–Kier alpha value is -1.83. The van der Waals surface area contributed by atoms with E-state index in [0.717, 1.165) is 11.3 Å². The Labute approximate surface area is 102 Å². The second-order valence-electron chi connectivity index (χ2n) is 4.02. The lowest BCUT2D eigenvalue weighted by molar-refractivity contribution is 0.204. The van der Waals surface area contributed by atoms with E-state index in [0.29, 0.717) is 0 Å². The lowest BCUT2D eigenvalue weighted by Crippen LogP contribution is -2.19. The number of pyridine rings is 1. The topological polar surface area (TPSA) is 22.1 Å². The molecule has 0 fully saturated rings. The molecule has 2 nitrogen and oxygen atoms in total. The number of hydrogen-bond donors (Lipinski definition) is 0. The first kappa shape index (κ1) is 11.6. The summed E-state index contributed by atoms with van der Waals surface area (Å²) in [5, 5.41) is 0. The lowest BCUT2D eigenvalue weighted by Gasteiger charge is -2.21. The quantitative estimate of drug-likeness (QED) is 0.796. The third-order valence-corrected chi connectivity index (χ3v) is 2.77. The van der Waals surface area contributed by atoms with E-state index in [-0.39, 0.29) is 12.0 Å². The largest absolute Gasteiger partial charge is 0.490 e. The molecule has 0 aliphatic heterocycles. The van der Waals surface area contributed by atoms with Crippen molar-refractivity contribution >= 4 is 0 Å². The van der Waals surface area contributed by atoms with Crippen LogP contribution in [0.2, 0.25) is 0 Å². The van der Waals surface area contributed by atoms with Crippen molar-refractivity contribution in [1.29, 1.82) is 0 Å². The van der Waals surface area contributed by atoms with Crippen LogP contribution in [-0.4, -0.2) is 11.1 Å². The molecule has 17 heavy (non-hydrogen) atoms. The van der Waals surface area contributed by atoms with Crippen molar-refractivity contribution in [3.05, 3.63) is 67.3 Å². The van der Waals surface area contributed by atoms with Gasteiger partial charge in [0.1, 0.15) is 11.9 Å². The Morgan fingerprint density at radius 2 is 1.71 bits per heavy atom. The zero-order valence-electron chi connectivity index (χ0n) is 9.91. The van der Waals surface area contributed by atoms with E-state index in [1.807, 2.05) is 49.4 Å². The fourth-order valence-electron chi connectivity index (χ4n) is 1.68. The van der Waals surface area contributed by atoms with Crippen LogP contribution < -0.4 is 4.74 Å². The van der Waals surface area contributed by atoms with Gasteiger partial charge in [-0.15, -0.1) is 0 Å². The predicted molar refractivity (Wildman–Crippen MR) is 68.9 cm³/mol. The van der Waals surface area contributed by atoms with Gasteiger partial charge in [0.25, 0.3) is 0 Å². The van der Waals surface area contributed by atoms with Crippen molar-refractivity contribution in [3.63, 3.8) is 0 Å². The van der Waals surface area contributed by atoms with Crippen LogP contribution in [0.4, 0.5) is 0 Å². The van der Waals surface area contributed by atoms with Gasteiger partial charge in [-0.05, 0) is 43.7 Å². The van der Waals surface area contributed by atoms with Gasteiger partial charge in [-0.3, -0.25) is 4.98 Å². The van der Waals surface area contributed by atoms with Crippen molar-refractivity contribution in [2.24, 2.45) is 0 Å². The van der Waals surface area contributed by atoms with E-state index in [4.69, 9.17) is 4.74 Å². The second kappa shape index (κ2) is 5.48. The van der Waals surface area contributed by atoms with Crippen molar-refractivity contribution in [2.75, 3.05) is 0 Å². The Balaban J connectivity index is 2.03. The van der Waals surface area contributed by atoms with E-state index < -0.39 is 0 Å². The summed E-state index contributed by atoms with van der Waals surface area (Å²) in [7, 11) is 0. The average molecular weight is 226 g/mol. The molecule has 2 unspecified atom stereocenters. The van der Waals surface area contributed by atoms with Crippen molar-refractivity contribution in [2.45, 2.75) is 18.9 Å². The second-order valence-corrected chi connectivity index (χ2v) is 4.02. The summed E-state index contributed by atoms with van der Waals surface area (Å²) in [5.41, 5.74) is 1.14. The number of para-hydroxylation sites is 1. The highest BCUT2D eigenvalue weighted by Gasteiger charge is 2.15. The van der Waals surface area contributed by atoms with E-state index in [1.54, 1.807) is 12.4 Å². The number of nitrogens with zero attached hydrogens (tertiary/aromatic N) is 1. The SMILES string of the molecule is [CH2]C(c1ccncc1)C(C)Oc1ccccc1. The van der Waals surface area contributed by atoms with E-state index in [1.165, 1.54) is 0 Å². The molecule has 2 rings (SSSR count). The fraction of sp³-hybridized carbons (Fsp3) is 0.200. The van der Waals surface area contributed by atoms with E-state index in [9.17, 15) is 0 Å². The van der Waals surface area contributed by atoms with Crippen LogP contribution in [0.3, 0.4) is 0 Å². The minimum atomic E-state index is 0.0276. The number of aromatic nitrogens is 1. The van der Waals surface area contributed by atoms with Crippen molar-refractivity contribution in [3.8, 4) is 5.75 Å². The van der Waals surface area contributed by atoms with Gasteiger partial charge < -0.3 is 4.74 Å². The lowest BCUT2D eigenvalue weighted by atomic mass is 9.97. The first-order valence-corrected chi connectivity index (χ1v) is 5.72. The molecule has 0 aliphatic rings. The van der Waals surface area contributed by atoms with Gasteiger partial charge in [0.2, 0.25) is 0 Å². The number of rotatable bonds is 4. The maximum atomic E-state index is 5.85. The standard InChI is InChI=1S/C15H16NO/c1-12(14-8-10-16-11-9-14)13(2)17-15-6-4-3-5-7-15/h3-13H,1H2,2H3. The minimum Gasteiger partial charge on any atom is -0.490 e. The summed E-state index contributed by atoms with van der Waals surface area (Å²) in [6.07, 6.45) is 3.59. The van der Waals surface area contributed by atoms with Crippen LogP contribution in [-0.2, 0) is 0 Å². The van der Waals surface area contributed by atoms with Crippen molar-refractivity contribution in [1.82, 2.24) is 4.98 Å². The molecular formula is C15H16NO.